The van der Waals surface area contributed by atoms with Crippen LogP contribution in [-0.2, 0) is 59.0 Å². The molecule has 220 valence electrons. The van der Waals surface area contributed by atoms with E-state index in [0.717, 1.165) is 19.6 Å². The van der Waals surface area contributed by atoms with Gasteiger partial charge in [-0.2, -0.15) is 0 Å². The van der Waals surface area contributed by atoms with Crippen LogP contribution in [0.1, 0.15) is 46.1 Å². The molecule has 1 amide bonds. The predicted molar refractivity (Wildman–Crippen MR) is 139 cm³/mol. The summed E-state index contributed by atoms with van der Waals surface area (Å²) in [5, 5.41) is 2.68. The molecule has 12 heteroatoms. The van der Waals surface area contributed by atoms with E-state index in [1.54, 1.807) is 0 Å². The average molecular weight is 564 g/mol. The summed E-state index contributed by atoms with van der Waals surface area (Å²) >= 11 is 0. The lowest BCUT2D eigenvalue weighted by Crippen LogP contribution is -2.68. The third kappa shape index (κ3) is 9.16. The number of hydrogen-bond donors (Lipinski definition) is 1. The molecule has 0 aliphatic carbocycles. The largest absolute Gasteiger partial charge is 0.467 e. The summed E-state index contributed by atoms with van der Waals surface area (Å²) in [6.45, 7) is 8.30. The first kappa shape index (κ1) is 32.4. The van der Waals surface area contributed by atoms with Crippen LogP contribution in [0.25, 0.3) is 0 Å². The van der Waals surface area contributed by atoms with Crippen LogP contribution in [0.2, 0.25) is 0 Å². The lowest BCUT2D eigenvalue weighted by atomic mass is 9.81. The van der Waals surface area contributed by atoms with Gasteiger partial charge in [-0.15, -0.1) is 6.58 Å². The van der Waals surface area contributed by atoms with Crippen LogP contribution >= 0.6 is 0 Å². The highest BCUT2D eigenvalue weighted by Crippen LogP contribution is 2.38. The number of amides is 1. The van der Waals surface area contributed by atoms with Crippen molar-refractivity contribution in [3.63, 3.8) is 0 Å². The third-order valence-electron chi connectivity index (χ3n) is 6.07. The van der Waals surface area contributed by atoms with E-state index in [1.807, 2.05) is 30.3 Å². The number of methoxy groups -OCH3 is 1. The molecule has 1 aliphatic rings. The second-order valence-electron chi connectivity index (χ2n) is 9.36. The highest BCUT2D eigenvalue weighted by molar-refractivity contribution is 5.80. The summed E-state index contributed by atoms with van der Waals surface area (Å²) in [4.78, 5) is 61.8. The van der Waals surface area contributed by atoms with Gasteiger partial charge in [-0.3, -0.25) is 19.2 Å². The van der Waals surface area contributed by atoms with E-state index in [4.69, 9.17) is 28.4 Å². The molecule has 12 nitrogen and oxygen atoms in total. The Balaban J connectivity index is 2.60. The van der Waals surface area contributed by atoms with Crippen LogP contribution < -0.4 is 5.32 Å². The Morgan fingerprint density at radius 2 is 1.70 bits per heavy atom. The molecule has 0 aromatic heterocycles. The Hall–Kier alpha value is -3.77. The van der Waals surface area contributed by atoms with Crippen molar-refractivity contribution in [2.45, 2.75) is 83.2 Å². The minimum absolute atomic E-state index is 0.0732. The van der Waals surface area contributed by atoms with E-state index in [-0.39, 0.29) is 26.1 Å². The van der Waals surface area contributed by atoms with E-state index in [9.17, 15) is 24.0 Å². The van der Waals surface area contributed by atoms with Gasteiger partial charge in [0.05, 0.1) is 26.4 Å². The molecular formula is C28H37NO11. The van der Waals surface area contributed by atoms with Gasteiger partial charge in [0.2, 0.25) is 5.91 Å². The van der Waals surface area contributed by atoms with Crippen LogP contribution in [-0.4, -0.2) is 79.6 Å². The quantitative estimate of drug-likeness (QED) is 0.212. The van der Waals surface area contributed by atoms with Crippen LogP contribution in [0.5, 0.6) is 0 Å². The molecule has 0 bridgehead atoms. The van der Waals surface area contributed by atoms with E-state index in [2.05, 4.69) is 11.9 Å². The normalized spacial score (nSPS) is 23.6. The smallest absolute Gasteiger partial charge is 0.338 e. The first-order valence-corrected chi connectivity index (χ1v) is 12.7. The van der Waals surface area contributed by atoms with Crippen molar-refractivity contribution in [1.29, 1.82) is 0 Å². The Morgan fingerprint density at radius 3 is 2.23 bits per heavy atom. The maximum Gasteiger partial charge on any atom is 0.338 e. The Bertz CT molecular complexity index is 1060. The highest BCUT2D eigenvalue weighted by atomic mass is 16.6. The van der Waals surface area contributed by atoms with Gasteiger partial charge < -0.3 is 33.7 Å². The third-order valence-corrected chi connectivity index (χ3v) is 6.07. The van der Waals surface area contributed by atoms with Crippen LogP contribution in [0.15, 0.2) is 43.0 Å². The summed E-state index contributed by atoms with van der Waals surface area (Å²) in [5.74, 6) is -3.49. The van der Waals surface area contributed by atoms with Crippen molar-refractivity contribution < 1.29 is 52.4 Å². The summed E-state index contributed by atoms with van der Waals surface area (Å²) in [6.07, 6.45) is -4.01. The predicted octanol–water partition coefficient (Wildman–Crippen LogP) is 1.78. The molecule has 0 radical (unpaired) electrons. The molecule has 1 aromatic carbocycles. The molecule has 0 unspecified atom stereocenters. The zero-order chi connectivity index (χ0) is 29.9. The van der Waals surface area contributed by atoms with Gasteiger partial charge in [0.25, 0.3) is 0 Å². The molecule has 2 rings (SSSR count). The summed E-state index contributed by atoms with van der Waals surface area (Å²) in [5.41, 5.74) is -0.899. The van der Waals surface area contributed by atoms with Gasteiger partial charge in [0.1, 0.15) is 12.2 Å². The van der Waals surface area contributed by atoms with Crippen molar-refractivity contribution in [2.75, 3.05) is 13.7 Å². The molecule has 1 aromatic rings. The molecule has 6 atom stereocenters. The summed E-state index contributed by atoms with van der Waals surface area (Å²) in [7, 11) is 1.16. The number of carbonyl (C=O) groups excluding carboxylic acids is 5. The highest BCUT2D eigenvalue weighted by Gasteiger charge is 2.57. The van der Waals surface area contributed by atoms with E-state index in [1.165, 1.54) is 26.8 Å². The van der Waals surface area contributed by atoms with E-state index < -0.39 is 65.8 Å². The van der Waals surface area contributed by atoms with Gasteiger partial charge in [-0.1, -0.05) is 36.4 Å². The molecular weight excluding hydrogens is 526 g/mol. The first-order chi connectivity index (χ1) is 18.9. The first-order valence-electron chi connectivity index (χ1n) is 12.7. The fourth-order valence-corrected chi connectivity index (χ4v) is 4.64. The number of esters is 4. The zero-order valence-corrected chi connectivity index (χ0v) is 23.4. The molecule has 0 spiro atoms. The van der Waals surface area contributed by atoms with Crippen molar-refractivity contribution in [2.24, 2.45) is 0 Å². The van der Waals surface area contributed by atoms with Gasteiger partial charge in [0.15, 0.2) is 17.8 Å². The number of rotatable bonds is 13. The molecule has 1 saturated heterocycles. The molecule has 1 heterocycles. The Morgan fingerprint density at radius 1 is 1.05 bits per heavy atom. The average Bonchev–Trinajstić information content (AvgIpc) is 2.87. The molecule has 40 heavy (non-hydrogen) atoms. The van der Waals surface area contributed by atoms with Crippen LogP contribution in [0, 0.1) is 0 Å². The van der Waals surface area contributed by atoms with E-state index >= 15 is 0 Å². The number of nitrogens with one attached hydrogen (secondary N) is 1. The monoisotopic (exact) mass is 563 g/mol. The fourth-order valence-electron chi connectivity index (χ4n) is 4.64. The zero-order valence-electron chi connectivity index (χ0n) is 23.4. The topological polar surface area (TPSA) is 153 Å². The van der Waals surface area contributed by atoms with Crippen molar-refractivity contribution in [3.8, 4) is 0 Å². The number of benzene rings is 1. The van der Waals surface area contributed by atoms with Crippen molar-refractivity contribution in [3.05, 3.63) is 48.6 Å². The van der Waals surface area contributed by atoms with Gasteiger partial charge >= 0.3 is 23.9 Å². The van der Waals surface area contributed by atoms with Gasteiger partial charge in [-0.25, -0.2) is 4.79 Å². The van der Waals surface area contributed by atoms with Crippen molar-refractivity contribution in [1.82, 2.24) is 5.32 Å². The Labute approximate surface area is 233 Å². The second-order valence-corrected chi connectivity index (χ2v) is 9.36. The molecule has 1 N–H and O–H groups in total. The second kappa shape index (κ2) is 15.1. The van der Waals surface area contributed by atoms with Gasteiger partial charge in [0, 0.05) is 40.5 Å². The fraction of sp³-hybridized carbons (Fsp3) is 0.536. The van der Waals surface area contributed by atoms with Crippen LogP contribution in [0.3, 0.4) is 0 Å². The minimum Gasteiger partial charge on any atom is -0.467 e. The molecule has 1 fully saturated rings. The summed E-state index contributed by atoms with van der Waals surface area (Å²) in [6, 6.07) is 8.07. The minimum atomic E-state index is -1.74. The maximum atomic E-state index is 13.1. The maximum absolute atomic E-state index is 13.1. The lowest BCUT2D eigenvalue weighted by Gasteiger charge is -2.49. The molecule has 0 saturated carbocycles. The Kier molecular flexibility index (Phi) is 12.3. The summed E-state index contributed by atoms with van der Waals surface area (Å²) < 4.78 is 33.8. The number of hydrogen-bond acceptors (Lipinski definition) is 11. The standard InChI is InChI=1S/C28H37NO11/c1-7-13-28(27(34)35-6)14-22(37-18(3)31)24(29-17(2)30)26(40-28)25(39-20(5)33)23(38-19(4)32)16-36-15-21-11-9-8-10-12-21/h7-12,22-26H,1,13-16H2,2-6H3,(H,29,30)/t22-,23+,24+,25+,26+,28+/m0/s1. The lowest BCUT2D eigenvalue weighted by molar-refractivity contribution is -0.242. The number of ether oxygens (including phenoxy) is 6. The van der Waals surface area contributed by atoms with E-state index in [0.29, 0.717) is 0 Å². The molecule has 1 aliphatic heterocycles. The van der Waals surface area contributed by atoms with Crippen molar-refractivity contribution >= 4 is 29.8 Å². The van der Waals surface area contributed by atoms with Crippen LogP contribution in [0.4, 0.5) is 0 Å². The van der Waals surface area contributed by atoms with Gasteiger partial charge in [-0.05, 0) is 5.56 Å². The SMILES string of the molecule is C=CC[C@]1(C(=O)OC)C[C@H](OC(C)=O)[C@@H](NC(C)=O)[C@H]([C@H](OC(C)=O)[C@@H](COCc2ccccc2)OC(C)=O)O1. The number of carbonyl (C=O) groups is 5.